The number of nitrogens with zero attached hydrogens (tertiary/aromatic N) is 1. The zero-order valence-corrected chi connectivity index (χ0v) is 11.2. The lowest BCUT2D eigenvalue weighted by Gasteiger charge is -2.18. The Morgan fingerprint density at radius 2 is 2.05 bits per heavy atom. The smallest absolute Gasteiger partial charge is 0.423 e. The largest absolute Gasteiger partial charge is 0.490 e. The second-order valence-corrected chi connectivity index (χ2v) is 5.02. The second kappa shape index (κ2) is 5.55. The summed E-state index contributed by atoms with van der Waals surface area (Å²) in [5, 5.41) is 18.1. The Morgan fingerprint density at radius 1 is 1.26 bits per heavy atom. The molecule has 2 N–H and O–H groups in total. The van der Waals surface area contributed by atoms with Crippen LogP contribution >= 0.6 is 0 Å². The normalized spacial score (nSPS) is 22.0. The van der Waals surface area contributed by atoms with Crippen LogP contribution in [0.15, 0.2) is 48.7 Å². The predicted molar refractivity (Wildman–Crippen MR) is 78.7 cm³/mol. The summed E-state index contributed by atoms with van der Waals surface area (Å²) in [6.07, 6.45) is 13.0. The lowest BCUT2D eigenvalue weighted by molar-refractivity contribution is 0.425. The highest BCUT2D eigenvalue weighted by Crippen LogP contribution is 2.29. The van der Waals surface area contributed by atoms with Crippen molar-refractivity contribution in [1.29, 1.82) is 0 Å². The number of hydrogen-bond donors (Lipinski definition) is 2. The van der Waals surface area contributed by atoms with Crippen molar-refractivity contribution in [2.24, 2.45) is 5.41 Å². The molecule has 0 amide bonds. The minimum atomic E-state index is -1.47. The van der Waals surface area contributed by atoms with E-state index in [1.165, 1.54) is 6.20 Å². The van der Waals surface area contributed by atoms with E-state index in [-0.39, 0.29) is 5.41 Å². The zero-order chi connectivity index (χ0) is 13.9. The molecular formula is C15H18BNO2. The molecule has 1 unspecified atom stereocenters. The topological polar surface area (TPSA) is 53.4 Å². The van der Waals surface area contributed by atoms with Gasteiger partial charge in [-0.2, -0.15) is 0 Å². The SMILES string of the molecule is CCC1(C)C=CC=C(c2ccc(B(O)O)cn2)C=C1. The maximum Gasteiger partial charge on any atom is 0.490 e. The Hall–Kier alpha value is -1.65. The third kappa shape index (κ3) is 3.22. The molecule has 3 nitrogen and oxygen atoms in total. The molecule has 1 aliphatic carbocycles. The summed E-state index contributed by atoms with van der Waals surface area (Å²) in [6.45, 7) is 4.35. The Kier molecular flexibility index (Phi) is 4.03. The van der Waals surface area contributed by atoms with Gasteiger partial charge in [0.1, 0.15) is 0 Å². The Labute approximate surface area is 114 Å². The van der Waals surface area contributed by atoms with E-state index in [0.717, 1.165) is 17.7 Å². The molecule has 1 aliphatic rings. The molecule has 0 radical (unpaired) electrons. The van der Waals surface area contributed by atoms with Gasteiger partial charge >= 0.3 is 7.12 Å². The van der Waals surface area contributed by atoms with Crippen LogP contribution in [0.25, 0.3) is 5.57 Å². The highest BCUT2D eigenvalue weighted by atomic mass is 16.4. The van der Waals surface area contributed by atoms with E-state index in [2.05, 4.69) is 43.1 Å². The molecule has 1 aromatic rings. The number of allylic oxidation sites excluding steroid dienone is 6. The van der Waals surface area contributed by atoms with Crippen molar-refractivity contribution in [3.05, 3.63) is 54.4 Å². The molecule has 1 atom stereocenters. The molecule has 0 saturated carbocycles. The Morgan fingerprint density at radius 3 is 2.63 bits per heavy atom. The van der Waals surface area contributed by atoms with Crippen LogP contribution in [0, 0.1) is 5.41 Å². The van der Waals surface area contributed by atoms with Crippen molar-refractivity contribution in [2.75, 3.05) is 0 Å². The van der Waals surface area contributed by atoms with Crippen LogP contribution in [0.3, 0.4) is 0 Å². The maximum absolute atomic E-state index is 9.05. The van der Waals surface area contributed by atoms with E-state index in [4.69, 9.17) is 10.0 Å². The molecule has 0 spiro atoms. The first-order valence-corrected chi connectivity index (χ1v) is 6.45. The lowest BCUT2D eigenvalue weighted by Crippen LogP contribution is -2.30. The first-order chi connectivity index (χ1) is 9.04. The van der Waals surface area contributed by atoms with Crippen LogP contribution < -0.4 is 5.46 Å². The number of aromatic nitrogens is 1. The second-order valence-electron chi connectivity index (χ2n) is 5.02. The fraction of sp³-hybridized carbons (Fsp3) is 0.267. The van der Waals surface area contributed by atoms with E-state index >= 15 is 0 Å². The number of pyridine rings is 1. The molecule has 4 heteroatoms. The average molecular weight is 255 g/mol. The molecule has 1 aromatic heterocycles. The molecule has 1 heterocycles. The summed E-state index contributed by atoms with van der Waals surface area (Å²) < 4.78 is 0. The van der Waals surface area contributed by atoms with E-state index in [1.807, 2.05) is 6.08 Å². The third-order valence-corrected chi connectivity index (χ3v) is 3.54. The summed E-state index contributed by atoms with van der Waals surface area (Å²) in [5.41, 5.74) is 2.33. The monoisotopic (exact) mass is 255 g/mol. The number of rotatable bonds is 3. The summed E-state index contributed by atoms with van der Waals surface area (Å²) >= 11 is 0. The van der Waals surface area contributed by atoms with Gasteiger partial charge in [0.15, 0.2) is 0 Å². The summed E-state index contributed by atoms with van der Waals surface area (Å²) in [6, 6.07) is 3.47. The molecule has 0 bridgehead atoms. The van der Waals surface area contributed by atoms with Crippen molar-refractivity contribution in [3.8, 4) is 0 Å². The van der Waals surface area contributed by atoms with Crippen molar-refractivity contribution in [3.63, 3.8) is 0 Å². The first-order valence-electron chi connectivity index (χ1n) is 6.45. The van der Waals surface area contributed by atoms with Crippen LogP contribution in [0.5, 0.6) is 0 Å². The van der Waals surface area contributed by atoms with Gasteiger partial charge in [-0.15, -0.1) is 0 Å². The van der Waals surface area contributed by atoms with E-state index in [9.17, 15) is 0 Å². The minimum absolute atomic E-state index is 0.0828. The first kappa shape index (κ1) is 13.8. The van der Waals surface area contributed by atoms with Gasteiger partial charge in [0.25, 0.3) is 0 Å². The summed E-state index contributed by atoms with van der Waals surface area (Å²) in [5.74, 6) is 0. The molecule has 0 aromatic carbocycles. The number of hydrogen-bond acceptors (Lipinski definition) is 3. The van der Waals surface area contributed by atoms with Gasteiger partial charge in [-0.25, -0.2) is 0 Å². The van der Waals surface area contributed by atoms with Gasteiger partial charge in [0, 0.05) is 17.1 Å². The highest BCUT2D eigenvalue weighted by molar-refractivity contribution is 6.58. The lowest BCUT2D eigenvalue weighted by atomic mass is 9.81. The Balaban J connectivity index is 2.26. The van der Waals surface area contributed by atoms with Crippen LogP contribution in [-0.4, -0.2) is 22.2 Å². The molecule has 19 heavy (non-hydrogen) atoms. The zero-order valence-electron chi connectivity index (χ0n) is 11.2. The van der Waals surface area contributed by atoms with Crippen molar-refractivity contribution >= 4 is 18.2 Å². The fourth-order valence-corrected chi connectivity index (χ4v) is 1.90. The van der Waals surface area contributed by atoms with Crippen LogP contribution in [0.4, 0.5) is 0 Å². The minimum Gasteiger partial charge on any atom is -0.423 e. The van der Waals surface area contributed by atoms with E-state index in [0.29, 0.717) is 5.46 Å². The standard InChI is InChI=1S/C15H18BNO2/c1-3-15(2)9-4-5-12(8-10-15)14-7-6-13(11-17-14)16(18)19/h4-11,18-19H,3H2,1-2H3. The predicted octanol–water partition coefficient (Wildman–Crippen LogP) is 1.69. The molecule has 2 rings (SSSR count). The third-order valence-electron chi connectivity index (χ3n) is 3.54. The molecule has 0 saturated heterocycles. The van der Waals surface area contributed by atoms with Gasteiger partial charge in [-0.1, -0.05) is 50.3 Å². The summed E-state index contributed by atoms with van der Waals surface area (Å²) in [7, 11) is -1.47. The fourth-order valence-electron chi connectivity index (χ4n) is 1.90. The quantitative estimate of drug-likeness (QED) is 0.808. The van der Waals surface area contributed by atoms with E-state index < -0.39 is 7.12 Å². The van der Waals surface area contributed by atoms with Crippen molar-refractivity contribution in [2.45, 2.75) is 20.3 Å². The van der Waals surface area contributed by atoms with E-state index in [1.54, 1.807) is 12.1 Å². The molecular weight excluding hydrogens is 237 g/mol. The highest BCUT2D eigenvalue weighted by Gasteiger charge is 2.16. The van der Waals surface area contributed by atoms with Crippen molar-refractivity contribution in [1.82, 2.24) is 4.98 Å². The maximum atomic E-state index is 9.05. The van der Waals surface area contributed by atoms with Crippen molar-refractivity contribution < 1.29 is 10.0 Å². The molecule has 0 aliphatic heterocycles. The van der Waals surface area contributed by atoms with Crippen LogP contribution in [0.1, 0.15) is 26.0 Å². The molecule has 98 valence electrons. The van der Waals surface area contributed by atoms with Gasteiger partial charge < -0.3 is 10.0 Å². The average Bonchev–Trinajstić information content (AvgIpc) is 2.62. The van der Waals surface area contributed by atoms with Gasteiger partial charge in [-0.3, -0.25) is 4.98 Å². The van der Waals surface area contributed by atoms with Gasteiger partial charge in [0.2, 0.25) is 0 Å². The molecule has 0 fully saturated rings. The summed E-state index contributed by atoms with van der Waals surface area (Å²) in [4.78, 5) is 4.27. The Bertz CT molecular complexity index is 532. The van der Waals surface area contributed by atoms with Gasteiger partial charge in [-0.05, 0) is 18.1 Å². The van der Waals surface area contributed by atoms with Gasteiger partial charge in [0.05, 0.1) is 5.69 Å². The van der Waals surface area contributed by atoms with Crippen LogP contribution in [-0.2, 0) is 0 Å². The van der Waals surface area contributed by atoms with Crippen LogP contribution in [0.2, 0.25) is 0 Å².